The minimum atomic E-state index is -0.816. The maximum atomic E-state index is 12.1. The Labute approximate surface area is 171 Å². The molecule has 0 fully saturated rings. The van der Waals surface area contributed by atoms with Crippen LogP contribution in [0.25, 0.3) is 0 Å². The fourth-order valence-corrected chi connectivity index (χ4v) is 2.93. The van der Waals surface area contributed by atoms with Crippen molar-refractivity contribution in [2.75, 3.05) is 19.7 Å². The van der Waals surface area contributed by atoms with Gasteiger partial charge in [0.25, 0.3) is 5.43 Å². The number of aryl methyl sites for hydroxylation is 3. The second-order valence-corrected chi connectivity index (χ2v) is 7.72. The van der Waals surface area contributed by atoms with E-state index in [1.54, 1.807) is 13.8 Å². The number of rotatable bonds is 10. The first-order valence-corrected chi connectivity index (χ1v) is 9.86. The Morgan fingerprint density at radius 2 is 1.86 bits per heavy atom. The van der Waals surface area contributed by atoms with Crippen molar-refractivity contribution < 1.29 is 19.7 Å². The smallest absolute Gasteiger partial charge is 0.265 e. The van der Waals surface area contributed by atoms with Crippen LogP contribution in [-0.2, 0) is 0 Å². The number of pyridine rings is 1. The Bertz CT molecular complexity index is 863. The second kappa shape index (κ2) is 10.3. The van der Waals surface area contributed by atoms with Crippen LogP contribution in [0.2, 0.25) is 0 Å². The number of benzene rings is 1. The molecule has 1 aromatic heterocycles. The molecule has 0 radical (unpaired) electrons. The van der Waals surface area contributed by atoms with Gasteiger partial charge in [-0.25, -0.2) is 0 Å². The molecule has 0 aliphatic carbocycles. The third-order valence-corrected chi connectivity index (χ3v) is 4.66. The van der Waals surface area contributed by atoms with E-state index in [1.807, 2.05) is 31.2 Å². The van der Waals surface area contributed by atoms with Crippen LogP contribution >= 0.6 is 0 Å². The van der Waals surface area contributed by atoms with Crippen LogP contribution in [0.5, 0.6) is 17.2 Å². The number of H-pyrrole nitrogens is 1. The maximum Gasteiger partial charge on any atom is 0.265 e. The van der Waals surface area contributed by atoms with Gasteiger partial charge in [0.1, 0.15) is 24.6 Å². The summed E-state index contributed by atoms with van der Waals surface area (Å²) >= 11 is 0. The molecule has 2 unspecified atom stereocenters. The third-order valence-electron chi connectivity index (χ3n) is 4.66. The first-order chi connectivity index (χ1) is 13.7. The average Bonchev–Trinajstić information content (AvgIpc) is 2.65. The molecular weight excluding hydrogens is 372 g/mol. The highest BCUT2D eigenvalue weighted by atomic mass is 16.5. The second-order valence-electron chi connectivity index (χ2n) is 7.72. The molecule has 0 amide bonds. The maximum absolute atomic E-state index is 12.1. The van der Waals surface area contributed by atoms with Gasteiger partial charge in [-0.2, -0.15) is 0 Å². The molecule has 0 aliphatic rings. The van der Waals surface area contributed by atoms with Crippen molar-refractivity contribution in [2.24, 2.45) is 5.92 Å². The van der Waals surface area contributed by atoms with E-state index in [0.717, 1.165) is 11.3 Å². The molecule has 160 valence electrons. The van der Waals surface area contributed by atoms with Crippen molar-refractivity contribution in [1.29, 1.82) is 0 Å². The Hall–Kier alpha value is -2.51. The van der Waals surface area contributed by atoms with Crippen LogP contribution in [-0.4, -0.2) is 47.1 Å². The Balaban J connectivity index is 1.84. The molecule has 7 heteroatoms. The summed E-state index contributed by atoms with van der Waals surface area (Å²) < 4.78 is 11.5. The van der Waals surface area contributed by atoms with Crippen molar-refractivity contribution in [3.05, 3.63) is 51.4 Å². The van der Waals surface area contributed by atoms with Gasteiger partial charge in [0.05, 0.1) is 11.4 Å². The van der Waals surface area contributed by atoms with Crippen molar-refractivity contribution in [1.82, 2.24) is 10.3 Å². The first-order valence-electron chi connectivity index (χ1n) is 9.86. The molecule has 29 heavy (non-hydrogen) atoms. The average molecular weight is 405 g/mol. The predicted octanol–water partition coefficient (Wildman–Crippen LogP) is 2.44. The lowest BCUT2D eigenvalue weighted by Gasteiger charge is -2.24. The lowest BCUT2D eigenvalue weighted by atomic mass is 10.1. The molecule has 1 aromatic carbocycles. The summed E-state index contributed by atoms with van der Waals surface area (Å²) in [4.78, 5) is 15.0. The summed E-state index contributed by atoms with van der Waals surface area (Å²) in [5.74, 6) is 0.762. The Kier molecular flexibility index (Phi) is 8.10. The Morgan fingerprint density at radius 1 is 1.14 bits per heavy atom. The summed E-state index contributed by atoms with van der Waals surface area (Å²) in [7, 11) is 0. The number of aromatic hydroxyl groups is 1. The summed E-state index contributed by atoms with van der Waals surface area (Å²) in [6, 6.07) is 7.91. The summed E-state index contributed by atoms with van der Waals surface area (Å²) in [6.07, 6.45) is -0.868. The van der Waals surface area contributed by atoms with Crippen LogP contribution in [0.1, 0.15) is 30.8 Å². The number of aliphatic hydroxyl groups is 1. The van der Waals surface area contributed by atoms with Gasteiger partial charge in [-0.05, 0) is 44.4 Å². The van der Waals surface area contributed by atoms with Gasteiger partial charge in [-0.1, -0.05) is 26.0 Å². The molecule has 0 saturated heterocycles. The largest absolute Gasteiger partial charge is 0.503 e. The van der Waals surface area contributed by atoms with Crippen LogP contribution < -0.4 is 20.2 Å². The summed E-state index contributed by atoms with van der Waals surface area (Å²) in [6.45, 7) is 10.3. The lowest BCUT2D eigenvalue weighted by Crippen LogP contribution is -2.40. The first kappa shape index (κ1) is 22.8. The number of aromatic nitrogens is 1. The molecule has 2 atom stereocenters. The van der Waals surface area contributed by atoms with E-state index in [1.165, 1.54) is 0 Å². The predicted molar refractivity (Wildman–Crippen MR) is 113 cm³/mol. The van der Waals surface area contributed by atoms with Gasteiger partial charge >= 0.3 is 0 Å². The van der Waals surface area contributed by atoms with Gasteiger partial charge in [0.15, 0.2) is 11.5 Å². The van der Waals surface area contributed by atoms with Gasteiger partial charge < -0.3 is 30.0 Å². The highest BCUT2D eigenvalue weighted by Gasteiger charge is 2.17. The number of hydrogen-bond acceptors (Lipinski definition) is 6. The third kappa shape index (κ3) is 6.51. The van der Waals surface area contributed by atoms with Crippen molar-refractivity contribution in [3.8, 4) is 17.2 Å². The van der Waals surface area contributed by atoms with Gasteiger partial charge in [-0.3, -0.25) is 4.79 Å². The number of aromatic amines is 1. The highest BCUT2D eigenvalue weighted by molar-refractivity contribution is 5.38. The minimum absolute atomic E-state index is 0.0231. The lowest BCUT2D eigenvalue weighted by molar-refractivity contribution is 0.0958. The fourth-order valence-electron chi connectivity index (χ4n) is 2.93. The van der Waals surface area contributed by atoms with E-state index in [9.17, 15) is 15.0 Å². The molecule has 7 nitrogen and oxygen atoms in total. The van der Waals surface area contributed by atoms with Gasteiger partial charge in [0, 0.05) is 13.1 Å². The van der Waals surface area contributed by atoms with E-state index >= 15 is 0 Å². The van der Waals surface area contributed by atoms with Crippen molar-refractivity contribution in [3.63, 3.8) is 0 Å². The zero-order chi connectivity index (χ0) is 21.6. The quantitative estimate of drug-likeness (QED) is 0.485. The summed E-state index contributed by atoms with van der Waals surface area (Å²) in [5, 5.41) is 23.1. The minimum Gasteiger partial charge on any atom is -0.503 e. The monoisotopic (exact) mass is 404 g/mol. The summed E-state index contributed by atoms with van der Waals surface area (Å²) in [5.41, 5.74) is 1.45. The van der Waals surface area contributed by atoms with E-state index < -0.39 is 11.5 Å². The molecule has 1 heterocycles. The molecule has 0 bridgehead atoms. The fraction of sp³-hybridized carbons (Fsp3) is 0.500. The zero-order valence-electron chi connectivity index (χ0n) is 17.8. The van der Waals surface area contributed by atoms with Crippen LogP contribution in [0.4, 0.5) is 0 Å². The molecule has 0 saturated carbocycles. The van der Waals surface area contributed by atoms with Crippen LogP contribution in [0.15, 0.2) is 29.1 Å². The molecular formula is C22H32N2O5. The highest BCUT2D eigenvalue weighted by Crippen LogP contribution is 2.18. The number of ether oxygens (including phenoxy) is 2. The van der Waals surface area contributed by atoms with Crippen molar-refractivity contribution >= 4 is 0 Å². The van der Waals surface area contributed by atoms with Crippen molar-refractivity contribution in [2.45, 2.75) is 46.8 Å². The van der Waals surface area contributed by atoms with Crippen LogP contribution in [0.3, 0.4) is 0 Å². The Morgan fingerprint density at radius 3 is 2.52 bits per heavy atom. The van der Waals surface area contributed by atoms with E-state index in [4.69, 9.17) is 9.47 Å². The van der Waals surface area contributed by atoms with Crippen LogP contribution in [0, 0.1) is 26.7 Å². The van der Waals surface area contributed by atoms with E-state index in [0.29, 0.717) is 17.9 Å². The van der Waals surface area contributed by atoms with E-state index in [2.05, 4.69) is 24.1 Å². The number of aliphatic hydroxyl groups excluding tert-OH is 1. The molecule has 2 rings (SSSR count). The number of nitrogens with one attached hydrogen (secondary N) is 2. The molecule has 0 spiro atoms. The van der Waals surface area contributed by atoms with E-state index in [-0.39, 0.29) is 36.7 Å². The standard InChI is InChI=1S/C22H32N2O5/c1-13(2)19(29-18-8-6-7-14(3)9-18)11-23-10-17(25)12-28-22-16(5)24-15(4)20(26)21(22)27/h6-9,13,17,19,23,25-26H,10-12H2,1-5H3,(H,24,27). The molecule has 0 aliphatic heterocycles. The molecule has 4 N–H and O–H groups in total. The van der Waals surface area contributed by atoms with Gasteiger partial charge in [0.2, 0.25) is 0 Å². The SMILES string of the molecule is Cc1cccc(OC(CNCC(O)COc2c(C)[nH]c(C)c(O)c2=O)C(C)C)c1. The molecule has 2 aromatic rings. The topological polar surface area (TPSA) is 104 Å². The normalized spacial score (nSPS) is 13.3. The zero-order valence-corrected chi connectivity index (χ0v) is 17.8. The number of hydrogen-bond donors (Lipinski definition) is 4. The van der Waals surface area contributed by atoms with Gasteiger partial charge in [-0.15, -0.1) is 0 Å².